The number of fused-ring (bicyclic) bond motifs is 1. The summed E-state index contributed by atoms with van der Waals surface area (Å²) in [5.41, 5.74) is 1.43. The van der Waals surface area contributed by atoms with E-state index in [1.54, 1.807) is 0 Å². The van der Waals surface area contributed by atoms with E-state index in [-0.39, 0.29) is 0 Å². The van der Waals surface area contributed by atoms with Crippen molar-refractivity contribution in [1.82, 2.24) is 4.90 Å². The van der Waals surface area contributed by atoms with Gasteiger partial charge in [0.25, 0.3) is 0 Å². The maximum atomic E-state index is 6.72. The van der Waals surface area contributed by atoms with Gasteiger partial charge >= 0.3 is 0 Å². The fourth-order valence-corrected chi connectivity index (χ4v) is 4.32. The molecule has 0 aromatic heterocycles. The Morgan fingerprint density at radius 1 is 0.967 bits per heavy atom. The third-order valence-electron chi connectivity index (χ3n) is 5.01. The molecule has 1 heterocycles. The molecular weight excluding hydrogens is 423 g/mol. The molecule has 0 saturated carbocycles. The molecule has 7 heteroatoms. The summed E-state index contributed by atoms with van der Waals surface area (Å²) in [6, 6.07) is 13.3. The topological polar surface area (TPSA) is 43.3 Å². The number of halogens is 2. The molecule has 30 heavy (non-hydrogen) atoms. The molecule has 1 atom stereocenters. The van der Waals surface area contributed by atoms with E-state index < -0.39 is 12.0 Å². The van der Waals surface area contributed by atoms with Crippen LogP contribution < -0.4 is 0 Å². The van der Waals surface area contributed by atoms with E-state index in [0.717, 1.165) is 22.6 Å². The molecule has 2 aromatic carbocycles. The number of nitrogens with zero attached hydrogens (tertiary/aromatic N) is 2. The van der Waals surface area contributed by atoms with Crippen molar-refractivity contribution in [2.75, 3.05) is 26.4 Å². The highest BCUT2D eigenvalue weighted by molar-refractivity contribution is 6.31. The van der Waals surface area contributed by atoms with E-state index in [1.807, 2.05) is 70.2 Å². The third-order valence-corrected chi connectivity index (χ3v) is 5.57. The second kappa shape index (κ2) is 10.1. The first-order valence-corrected chi connectivity index (χ1v) is 11.0. The van der Waals surface area contributed by atoms with Gasteiger partial charge in [-0.15, -0.1) is 0 Å². The average molecular weight is 451 g/mol. The highest BCUT2D eigenvalue weighted by Crippen LogP contribution is 2.48. The molecule has 0 radical (unpaired) electrons. The number of rotatable bonds is 9. The van der Waals surface area contributed by atoms with Crippen LogP contribution in [0.4, 0.5) is 5.69 Å². The summed E-state index contributed by atoms with van der Waals surface area (Å²) in [6.45, 7) is 9.74. The SMILES string of the molecule is CCOC(CN1C(C)=Nc2ccc(Cl)cc2C1(OCC)c1ccccc1Cl)OCC. The average Bonchev–Trinajstić information content (AvgIpc) is 2.72. The minimum absolute atomic E-state index is 0.411. The first kappa shape index (κ1) is 23.0. The van der Waals surface area contributed by atoms with Crippen molar-refractivity contribution in [2.24, 2.45) is 4.99 Å². The molecule has 0 bridgehead atoms. The van der Waals surface area contributed by atoms with Crippen molar-refractivity contribution < 1.29 is 14.2 Å². The summed E-state index contributed by atoms with van der Waals surface area (Å²) in [6.07, 6.45) is -0.451. The molecule has 0 fully saturated rings. The Bertz CT molecular complexity index is 900. The van der Waals surface area contributed by atoms with Gasteiger partial charge in [0, 0.05) is 41.0 Å². The maximum absolute atomic E-state index is 6.72. The summed E-state index contributed by atoms with van der Waals surface area (Å²) in [5, 5.41) is 1.20. The Labute approximate surface area is 188 Å². The lowest BCUT2D eigenvalue weighted by atomic mass is 9.89. The molecule has 2 aromatic rings. The summed E-state index contributed by atoms with van der Waals surface area (Å²) < 4.78 is 18.2. The Balaban J connectivity index is 2.26. The van der Waals surface area contributed by atoms with Crippen LogP contribution in [0.1, 0.15) is 38.8 Å². The number of amidine groups is 1. The highest BCUT2D eigenvalue weighted by Gasteiger charge is 2.48. The van der Waals surface area contributed by atoms with E-state index in [4.69, 9.17) is 42.4 Å². The number of hydrogen-bond acceptors (Lipinski definition) is 5. The molecule has 0 amide bonds. The first-order valence-electron chi connectivity index (χ1n) is 10.2. The van der Waals surface area contributed by atoms with Crippen LogP contribution in [-0.2, 0) is 19.9 Å². The third kappa shape index (κ3) is 4.36. The van der Waals surface area contributed by atoms with E-state index in [0.29, 0.717) is 36.4 Å². The van der Waals surface area contributed by atoms with Crippen LogP contribution in [0.15, 0.2) is 47.5 Å². The summed E-state index contributed by atoms with van der Waals surface area (Å²) in [4.78, 5) is 6.89. The second-order valence-electron chi connectivity index (χ2n) is 6.83. The quantitative estimate of drug-likeness (QED) is 0.439. The molecule has 0 aliphatic carbocycles. The highest BCUT2D eigenvalue weighted by atomic mass is 35.5. The van der Waals surface area contributed by atoms with E-state index >= 15 is 0 Å². The zero-order chi connectivity index (χ0) is 21.7. The maximum Gasteiger partial charge on any atom is 0.198 e. The molecular formula is C23H28Cl2N2O3. The van der Waals surface area contributed by atoms with E-state index in [2.05, 4.69) is 4.90 Å². The van der Waals surface area contributed by atoms with Crippen LogP contribution in [0.3, 0.4) is 0 Å². The summed E-state index contributed by atoms with van der Waals surface area (Å²) in [5.74, 6) is 0.780. The molecule has 0 N–H and O–H groups in total. The molecule has 0 saturated heterocycles. The standard InChI is InChI=1S/C23H28Cl2N2O3/c1-5-28-22(29-6-2)15-27-16(4)26-21-13-12-17(24)14-19(21)23(27,30-7-3)18-10-8-9-11-20(18)25/h8-14,22H,5-7,15H2,1-4H3. The van der Waals surface area contributed by atoms with Gasteiger partial charge in [0.15, 0.2) is 12.0 Å². The molecule has 1 aliphatic rings. The van der Waals surface area contributed by atoms with E-state index in [9.17, 15) is 0 Å². The van der Waals surface area contributed by atoms with Crippen molar-refractivity contribution in [2.45, 2.75) is 39.7 Å². The lowest BCUT2D eigenvalue weighted by Crippen LogP contribution is -2.56. The van der Waals surface area contributed by atoms with Crippen LogP contribution in [0.2, 0.25) is 10.0 Å². The van der Waals surface area contributed by atoms with Gasteiger partial charge in [-0.3, -0.25) is 0 Å². The number of ether oxygens (including phenoxy) is 3. The smallest absolute Gasteiger partial charge is 0.198 e. The lowest BCUT2D eigenvalue weighted by molar-refractivity contribution is -0.175. The van der Waals surface area contributed by atoms with Crippen molar-refractivity contribution in [1.29, 1.82) is 0 Å². The zero-order valence-electron chi connectivity index (χ0n) is 17.8. The minimum atomic E-state index is -1.02. The first-order chi connectivity index (χ1) is 14.5. The van der Waals surface area contributed by atoms with Gasteiger partial charge in [-0.2, -0.15) is 0 Å². The Morgan fingerprint density at radius 2 is 1.67 bits per heavy atom. The lowest BCUT2D eigenvalue weighted by Gasteiger charge is -2.48. The van der Waals surface area contributed by atoms with Crippen LogP contribution in [0.5, 0.6) is 0 Å². The van der Waals surface area contributed by atoms with Crippen molar-refractivity contribution in [3.8, 4) is 0 Å². The fourth-order valence-electron chi connectivity index (χ4n) is 3.89. The second-order valence-corrected chi connectivity index (χ2v) is 7.67. The molecule has 0 spiro atoms. The van der Waals surface area contributed by atoms with Crippen LogP contribution in [-0.4, -0.2) is 43.4 Å². The van der Waals surface area contributed by atoms with Gasteiger partial charge in [0.2, 0.25) is 0 Å². The number of hydrogen-bond donors (Lipinski definition) is 0. The van der Waals surface area contributed by atoms with Gasteiger partial charge in [0.1, 0.15) is 5.84 Å². The molecule has 3 rings (SSSR count). The van der Waals surface area contributed by atoms with Crippen LogP contribution in [0.25, 0.3) is 0 Å². The predicted molar refractivity (Wildman–Crippen MR) is 122 cm³/mol. The monoisotopic (exact) mass is 450 g/mol. The predicted octanol–water partition coefficient (Wildman–Crippen LogP) is 6.00. The summed E-state index contributed by atoms with van der Waals surface area (Å²) in [7, 11) is 0. The number of benzene rings is 2. The molecule has 1 unspecified atom stereocenters. The minimum Gasteiger partial charge on any atom is -0.351 e. The largest absolute Gasteiger partial charge is 0.351 e. The van der Waals surface area contributed by atoms with Crippen LogP contribution >= 0.6 is 23.2 Å². The van der Waals surface area contributed by atoms with Gasteiger partial charge in [0.05, 0.1) is 12.2 Å². The molecule has 5 nitrogen and oxygen atoms in total. The Kier molecular flexibility index (Phi) is 7.77. The van der Waals surface area contributed by atoms with Crippen molar-refractivity contribution in [3.63, 3.8) is 0 Å². The Hall–Kier alpha value is -1.63. The zero-order valence-corrected chi connectivity index (χ0v) is 19.3. The van der Waals surface area contributed by atoms with Crippen LogP contribution in [0, 0.1) is 0 Å². The van der Waals surface area contributed by atoms with Gasteiger partial charge in [-0.05, 0) is 52.0 Å². The normalized spacial score (nSPS) is 18.5. The van der Waals surface area contributed by atoms with Gasteiger partial charge < -0.3 is 19.1 Å². The van der Waals surface area contributed by atoms with Gasteiger partial charge in [-0.1, -0.05) is 41.4 Å². The Morgan fingerprint density at radius 3 is 2.30 bits per heavy atom. The number of aliphatic imine (C=N–C) groups is 1. The fraction of sp³-hybridized carbons (Fsp3) is 0.435. The van der Waals surface area contributed by atoms with Crippen molar-refractivity contribution >= 4 is 34.7 Å². The van der Waals surface area contributed by atoms with Crippen molar-refractivity contribution in [3.05, 3.63) is 63.6 Å². The molecule has 162 valence electrons. The summed E-state index contributed by atoms with van der Waals surface area (Å²) >= 11 is 13.1. The molecule has 1 aliphatic heterocycles. The van der Waals surface area contributed by atoms with E-state index in [1.165, 1.54) is 0 Å². The van der Waals surface area contributed by atoms with Gasteiger partial charge in [-0.25, -0.2) is 4.99 Å².